The van der Waals surface area contributed by atoms with E-state index in [1.165, 1.54) is 4.90 Å². The largest absolute Gasteiger partial charge is 1.00 e. The number of carbonyl (C=O) groups is 5. The van der Waals surface area contributed by atoms with E-state index in [-0.39, 0.29) is 57.5 Å². The zero-order chi connectivity index (χ0) is 31.7. The number of nitrogens with two attached hydrogens (primary N) is 1. The number of halogens is 2. The Kier molecular flexibility index (Phi) is 11.6. The zero-order valence-electron chi connectivity index (χ0n) is 25.2. The van der Waals surface area contributed by atoms with E-state index in [0.29, 0.717) is 43.5 Å². The molecule has 0 unspecified atom stereocenters. The third kappa shape index (κ3) is 7.10. The number of carboxylic acid groups (broad SMARTS) is 1. The number of likely N-dealkylation sites (tertiary alicyclic amines) is 1. The van der Waals surface area contributed by atoms with Gasteiger partial charge in [0.1, 0.15) is 6.04 Å². The fraction of sp³-hybridized carbons (Fsp3) is 0.452. The van der Waals surface area contributed by atoms with Gasteiger partial charge >= 0.3 is 29.6 Å². The first-order valence-electron chi connectivity index (χ1n) is 14.1. The summed E-state index contributed by atoms with van der Waals surface area (Å²) in [7, 11) is 0. The summed E-state index contributed by atoms with van der Waals surface area (Å²) < 4.78 is 0. The molecule has 4 atom stereocenters. The van der Waals surface area contributed by atoms with Crippen LogP contribution < -0.4 is 51.0 Å². The summed E-state index contributed by atoms with van der Waals surface area (Å²) in [4.78, 5) is 65.3. The van der Waals surface area contributed by atoms with Gasteiger partial charge in [-0.05, 0) is 67.3 Å². The molecule has 2 fully saturated rings. The van der Waals surface area contributed by atoms with E-state index in [1.54, 1.807) is 49.4 Å². The Bertz CT molecular complexity index is 1430. The smallest absolute Gasteiger partial charge is 0.548 e. The Morgan fingerprint density at radius 1 is 1.02 bits per heavy atom. The Balaban J connectivity index is 0.00000529. The van der Waals surface area contributed by atoms with Crippen LogP contribution in [0.5, 0.6) is 0 Å². The van der Waals surface area contributed by atoms with Gasteiger partial charge in [-0.25, -0.2) is 0 Å². The molecule has 1 aliphatic carbocycles. The van der Waals surface area contributed by atoms with Gasteiger partial charge in [-0.15, -0.1) is 0 Å². The van der Waals surface area contributed by atoms with E-state index >= 15 is 0 Å². The van der Waals surface area contributed by atoms with Crippen LogP contribution >= 0.6 is 23.2 Å². The minimum absolute atomic E-state index is 0. The van der Waals surface area contributed by atoms with Crippen LogP contribution in [0.2, 0.25) is 10.0 Å². The van der Waals surface area contributed by atoms with Gasteiger partial charge in [0.05, 0.1) is 33.0 Å². The van der Waals surface area contributed by atoms with Gasteiger partial charge in [-0.3, -0.25) is 19.2 Å². The predicted octanol–water partition coefficient (Wildman–Crippen LogP) is -0.0543. The molecule has 2 aliphatic rings. The number of rotatable bonds is 9. The quantitative estimate of drug-likeness (QED) is 0.322. The van der Waals surface area contributed by atoms with Crippen LogP contribution in [0.3, 0.4) is 0 Å². The maximum absolute atomic E-state index is 13.7. The molecule has 4 amide bonds. The van der Waals surface area contributed by atoms with Gasteiger partial charge in [0, 0.05) is 18.2 Å². The van der Waals surface area contributed by atoms with Crippen LogP contribution in [0, 0.1) is 16.7 Å². The van der Waals surface area contributed by atoms with Crippen LogP contribution in [-0.2, 0) is 25.6 Å². The summed E-state index contributed by atoms with van der Waals surface area (Å²) in [5.41, 5.74) is 4.91. The second kappa shape index (κ2) is 14.2. The summed E-state index contributed by atoms with van der Waals surface area (Å²) in [5, 5.41) is 17.8. The minimum Gasteiger partial charge on any atom is -0.548 e. The molecule has 44 heavy (non-hydrogen) atoms. The summed E-state index contributed by atoms with van der Waals surface area (Å²) in [6.45, 7) is 5.88. The second-order valence-electron chi connectivity index (χ2n) is 12.0. The Hall–Kier alpha value is -2.63. The van der Waals surface area contributed by atoms with Gasteiger partial charge in [0.15, 0.2) is 0 Å². The number of anilines is 1. The molecule has 2 aromatic rings. The summed E-state index contributed by atoms with van der Waals surface area (Å²) in [5.74, 6) is -3.83. The number of amides is 4. The van der Waals surface area contributed by atoms with Crippen molar-refractivity contribution in [3.05, 3.63) is 63.6 Å². The van der Waals surface area contributed by atoms with E-state index < -0.39 is 52.5 Å². The number of carbonyl (C=O) groups excluding carboxylic acids is 5. The van der Waals surface area contributed by atoms with Crippen LogP contribution in [-0.4, -0.2) is 53.1 Å². The average Bonchev–Trinajstić information content (AvgIpc) is 3.52. The fourth-order valence-corrected chi connectivity index (χ4v) is 6.87. The summed E-state index contributed by atoms with van der Waals surface area (Å²) in [6, 6.07) is 9.20. The first-order chi connectivity index (χ1) is 20.2. The van der Waals surface area contributed by atoms with Crippen LogP contribution in [0.15, 0.2) is 42.5 Å². The SMILES string of the molecule is CC1(C)[C@@H](C(=O)N[C@@H](Cc2ccc(NC(=O)c3c(Cl)cccc3Cl)cc2)C(=O)[O-])CC[C@@]1(C)C(=O)N1CCC[C@H]1C(N)=O.[Na+]. The number of benzene rings is 2. The van der Waals surface area contributed by atoms with Crippen molar-refractivity contribution in [1.82, 2.24) is 10.2 Å². The number of carboxylic acids is 1. The number of nitrogens with zero attached hydrogens (tertiary/aromatic N) is 1. The van der Waals surface area contributed by atoms with Crippen LogP contribution in [0.4, 0.5) is 5.69 Å². The molecule has 0 radical (unpaired) electrons. The second-order valence-corrected chi connectivity index (χ2v) is 12.9. The number of hydrogen-bond donors (Lipinski definition) is 3. The molecule has 0 aromatic heterocycles. The molecule has 4 N–H and O–H groups in total. The molecular weight excluding hydrogens is 618 g/mol. The van der Waals surface area contributed by atoms with Crippen molar-refractivity contribution in [1.29, 1.82) is 0 Å². The van der Waals surface area contributed by atoms with Gasteiger partial charge in [0.25, 0.3) is 5.91 Å². The normalized spacial score (nSPS) is 22.9. The molecule has 10 nitrogen and oxygen atoms in total. The van der Waals surface area contributed by atoms with E-state index in [1.807, 2.05) is 13.8 Å². The van der Waals surface area contributed by atoms with Gasteiger partial charge in [-0.1, -0.05) is 62.2 Å². The summed E-state index contributed by atoms with van der Waals surface area (Å²) >= 11 is 12.2. The molecule has 1 heterocycles. The van der Waals surface area contributed by atoms with E-state index in [9.17, 15) is 29.1 Å². The number of hydrogen-bond acceptors (Lipinski definition) is 6. The standard InChI is InChI=1S/C31H36Cl2N4O6.Na/c1-30(2)19(13-14-31(30,3)29(43)37-15-5-8-23(37)25(34)38)26(39)36-22(28(41)42)16-17-9-11-18(12-10-17)35-27(40)24-20(32)6-4-7-21(24)33;/h4,6-7,9-12,19,22-23H,5,8,13-16H2,1-3H3,(H2,34,38)(H,35,40)(H,36,39)(H,41,42);/q;+1/p-1/t19-,22+,23+,31+;/m1./s1. The first kappa shape index (κ1) is 35.8. The van der Waals surface area contributed by atoms with E-state index in [4.69, 9.17) is 28.9 Å². The van der Waals surface area contributed by atoms with Gasteiger partial charge < -0.3 is 31.2 Å². The molecule has 1 saturated carbocycles. The molecule has 2 aromatic carbocycles. The third-order valence-corrected chi connectivity index (χ3v) is 9.93. The maximum atomic E-state index is 13.7. The predicted molar refractivity (Wildman–Crippen MR) is 160 cm³/mol. The molecule has 13 heteroatoms. The number of primary amides is 1. The van der Waals surface area contributed by atoms with Crippen molar-refractivity contribution < 1.29 is 58.6 Å². The maximum Gasteiger partial charge on any atom is 1.00 e. The topological polar surface area (TPSA) is 162 Å². The zero-order valence-corrected chi connectivity index (χ0v) is 28.8. The molecule has 4 rings (SSSR count). The van der Waals surface area contributed by atoms with Crippen molar-refractivity contribution in [2.24, 2.45) is 22.5 Å². The summed E-state index contributed by atoms with van der Waals surface area (Å²) in [6.07, 6.45) is 1.91. The Morgan fingerprint density at radius 3 is 2.20 bits per heavy atom. The van der Waals surface area contributed by atoms with Crippen LogP contribution in [0.1, 0.15) is 62.4 Å². The minimum atomic E-state index is -1.45. The molecule has 0 bridgehead atoms. The van der Waals surface area contributed by atoms with Gasteiger partial charge in [0.2, 0.25) is 17.7 Å². The van der Waals surface area contributed by atoms with Crippen molar-refractivity contribution in [2.45, 2.75) is 65.0 Å². The van der Waals surface area contributed by atoms with E-state index in [0.717, 1.165) is 0 Å². The third-order valence-electron chi connectivity index (χ3n) is 9.30. The van der Waals surface area contributed by atoms with Crippen molar-refractivity contribution in [2.75, 3.05) is 11.9 Å². The van der Waals surface area contributed by atoms with Crippen molar-refractivity contribution >= 4 is 58.5 Å². The Morgan fingerprint density at radius 2 is 1.64 bits per heavy atom. The molecule has 1 aliphatic heterocycles. The fourth-order valence-electron chi connectivity index (χ4n) is 6.30. The van der Waals surface area contributed by atoms with Crippen molar-refractivity contribution in [3.63, 3.8) is 0 Å². The number of aliphatic carboxylic acids is 1. The van der Waals surface area contributed by atoms with Crippen LogP contribution in [0.25, 0.3) is 0 Å². The Labute approximate surface area is 288 Å². The molecular formula is C31H35Cl2N4NaO6. The average molecular weight is 654 g/mol. The molecule has 1 saturated heterocycles. The molecule has 0 spiro atoms. The van der Waals surface area contributed by atoms with Gasteiger partial charge in [-0.2, -0.15) is 0 Å². The first-order valence-corrected chi connectivity index (χ1v) is 14.9. The molecule has 230 valence electrons. The number of nitrogens with one attached hydrogen (secondary N) is 2. The van der Waals surface area contributed by atoms with Crippen molar-refractivity contribution in [3.8, 4) is 0 Å². The van der Waals surface area contributed by atoms with E-state index in [2.05, 4.69) is 10.6 Å². The monoisotopic (exact) mass is 652 g/mol.